The molecule has 90 valence electrons. The lowest BCUT2D eigenvalue weighted by atomic mass is 10.1. The first-order valence-corrected chi connectivity index (χ1v) is 5.50. The number of aliphatic hydroxyl groups excluding tert-OH is 1. The van der Waals surface area contributed by atoms with Crippen molar-refractivity contribution in [1.82, 2.24) is 5.32 Å². The SMILES string of the molecule is CNC(C)(CO)COc1cc(C)ccc1C. The topological polar surface area (TPSA) is 41.5 Å². The van der Waals surface area contributed by atoms with Gasteiger partial charge >= 0.3 is 0 Å². The highest BCUT2D eigenvalue weighted by Gasteiger charge is 2.21. The van der Waals surface area contributed by atoms with Gasteiger partial charge in [0.05, 0.1) is 12.1 Å². The minimum Gasteiger partial charge on any atom is -0.491 e. The third-order valence-electron chi connectivity index (χ3n) is 2.84. The molecule has 0 aromatic heterocycles. The van der Waals surface area contributed by atoms with Crippen LogP contribution in [0.2, 0.25) is 0 Å². The highest BCUT2D eigenvalue weighted by atomic mass is 16.5. The number of benzene rings is 1. The second-order valence-electron chi connectivity index (χ2n) is 4.53. The highest BCUT2D eigenvalue weighted by Crippen LogP contribution is 2.20. The van der Waals surface area contributed by atoms with Crippen LogP contribution in [0.1, 0.15) is 18.1 Å². The summed E-state index contributed by atoms with van der Waals surface area (Å²) >= 11 is 0. The number of rotatable bonds is 5. The normalized spacial score (nSPS) is 14.6. The van der Waals surface area contributed by atoms with E-state index in [2.05, 4.69) is 11.4 Å². The average Bonchev–Trinajstić information content (AvgIpc) is 2.30. The molecule has 0 radical (unpaired) electrons. The molecule has 1 aromatic carbocycles. The number of likely N-dealkylation sites (N-methyl/N-ethyl adjacent to an activating group) is 1. The van der Waals surface area contributed by atoms with E-state index < -0.39 is 5.54 Å². The molecule has 1 atom stereocenters. The third kappa shape index (κ3) is 3.22. The number of hydrogen-bond acceptors (Lipinski definition) is 3. The molecule has 16 heavy (non-hydrogen) atoms. The molecule has 0 aliphatic rings. The van der Waals surface area contributed by atoms with E-state index >= 15 is 0 Å². The molecular formula is C13H21NO2. The van der Waals surface area contributed by atoms with Gasteiger partial charge in [-0.25, -0.2) is 0 Å². The van der Waals surface area contributed by atoms with Crippen LogP contribution in [0.3, 0.4) is 0 Å². The van der Waals surface area contributed by atoms with E-state index in [1.807, 2.05) is 40.0 Å². The molecular weight excluding hydrogens is 202 g/mol. The van der Waals surface area contributed by atoms with Gasteiger partial charge in [0.25, 0.3) is 0 Å². The van der Waals surface area contributed by atoms with Crippen LogP contribution < -0.4 is 10.1 Å². The fourth-order valence-electron chi connectivity index (χ4n) is 1.30. The molecule has 2 N–H and O–H groups in total. The molecule has 0 saturated heterocycles. The number of aliphatic hydroxyl groups is 1. The van der Waals surface area contributed by atoms with Crippen LogP contribution in [0.25, 0.3) is 0 Å². The standard InChI is InChI=1S/C13H21NO2/c1-10-5-6-11(2)12(7-10)16-9-13(3,8-15)14-4/h5-7,14-15H,8-9H2,1-4H3. The van der Waals surface area contributed by atoms with Crippen LogP contribution in [0.15, 0.2) is 18.2 Å². The van der Waals surface area contributed by atoms with Crippen molar-refractivity contribution in [2.75, 3.05) is 20.3 Å². The van der Waals surface area contributed by atoms with Gasteiger partial charge in [-0.05, 0) is 45.0 Å². The Labute approximate surface area is 97.4 Å². The highest BCUT2D eigenvalue weighted by molar-refractivity contribution is 5.36. The molecule has 0 spiro atoms. The summed E-state index contributed by atoms with van der Waals surface area (Å²) in [5.74, 6) is 0.884. The first-order valence-electron chi connectivity index (χ1n) is 5.50. The van der Waals surface area contributed by atoms with Crippen molar-refractivity contribution < 1.29 is 9.84 Å². The van der Waals surface area contributed by atoms with Gasteiger partial charge in [0.2, 0.25) is 0 Å². The van der Waals surface area contributed by atoms with Gasteiger partial charge in [0, 0.05) is 0 Å². The van der Waals surface area contributed by atoms with Crippen molar-refractivity contribution >= 4 is 0 Å². The summed E-state index contributed by atoms with van der Waals surface area (Å²) in [4.78, 5) is 0. The zero-order valence-electron chi connectivity index (χ0n) is 10.5. The van der Waals surface area contributed by atoms with Crippen LogP contribution in [-0.4, -0.2) is 30.9 Å². The summed E-state index contributed by atoms with van der Waals surface area (Å²) in [6, 6.07) is 6.12. The summed E-state index contributed by atoms with van der Waals surface area (Å²) in [7, 11) is 1.82. The number of hydrogen-bond donors (Lipinski definition) is 2. The van der Waals surface area contributed by atoms with Crippen LogP contribution >= 0.6 is 0 Å². The fourth-order valence-corrected chi connectivity index (χ4v) is 1.30. The van der Waals surface area contributed by atoms with Crippen LogP contribution in [-0.2, 0) is 0 Å². The monoisotopic (exact) mass is 223 g/mol. The quantitative estimate of drug-likeness (QED) is 0.797. The van der Waals surface area contributed by atoms with E-state index in [9.17, 15) is 5.11 Å². The molecule has 1 aromatic rings. The smallest absolute Gasteiger partial charge is 0.122 e. The molecule has 1 unspecified atom stereocenters. The number of aryl methyl sites for hydroxylation is 2. The van der Waals surface area contributed by atoms with Gasteiger partial charge in [0.1, 0.15) is 12.4 Å². The summed E-state index contributed by atoms with van der Waals surface area (Å²) in [6.07, 6.45) is 0. The lowest BCUT2D eigenvalue weighted by molar-refractivity contribution is 0.122. The van der Waals surface area contributed by atoms with Gasteiger partial charge in [-0.3, -0.25) is 0 Å². The van der Waals surface area contributed by atoms with E-state index in [1.165, 1.54) is 5.56 Å². The summed E-state index contributed by atoms with van der Waals surface area (Å²) in [5, 5.41) is 12.3. The van der Waals surface area contributed by atoms with Crippen molar-refractivity contribution in [2.45, 2.75) is 26.3 Å². The largest absolute Gasteiger partial charge is 0.491 e. The van der Waals surface area contributed by atoms with Crippen molar-refractivity contribution in [1.29, 1.82) is 0 Å². The van der Waals surface area contributed by atoms with E-state index in [1.54, 1.807) is 0 Å². The average molecular weight is 223 g/mol. The molecule has 3 nitrogen and oxygen atoms in total. The van der Waals surface area contributed by atoms with E-state index in [0.717, 1.165) is 11.3 Å². The maximum atomic E-state index is 9.24. The Bertz CT molecular complexity index is 346. The second-order valence-corrected chi connectivity index (χ2v) is 4.53. The number of ether oxygens (including phenoxy) is 1. The molecule has 0 saturated carbocycles. The van der Waals surface area contributed by atoms with Gasteiger partial charge in [-0.1, -0.05) is 12.1 Å². The van der Waals surface area contributed by atoms with Crippen molar-refractivity contribution in [3.05, 3.63) is 29.3 Å². The van der Waals surface area contributed by atoms with Gasteiger partial charge in [-0.15, -0.1) is 0 Å². The van der Waals surface area contributed by atoms with Crippen LogP contribution in [0, 0.1) is 13.8 Å². The Morgan fingerprint density at radius 2 is 2.06 bits per heavy atom. The van der Waals surface area contributed by atoms with Crippen LogP contribution in [0.5, 0.6) is 5.75 Å². The summed E-state index contributed by atoms with van der Waals surface area (Å²) in [5.41, 5.74) is 1.90. The van der Waals surface area contributed by atoms with E-state index in [-0.39, 0.29) is 6.61 Å². The summed E-state index contributed by atoms with van der Waals surface area (Å²) < 4.78 is 5.74. The first kappa shape index (κ1) is 13.0. The molecule has 0 bridgehead atoms. The predicted molar refractivity (Wildman–Crippen MR) is 66.0 cm³/mol. The van der Waals surface area contributed by atoms with E-state index in [4.69, 9.17) is 4.74 Å². The van der Waals surface area contributed by atoms with Crippen molar-refractivity contribution in [3.63, 3.8) is 0 Å². The lowest BCUT2D eigenvalue weighted by Gasteiger charge is -2.27. The maximum absolute atomic E-state index is 9.24. The van der Waals surface area contributed by atoms with Crippen molar-refractivity contribution in [2.24, 2.45) is 0 Å². The van der Waals surface area contributed by atoms with Gasteiger partial charge in [0.15, 0.2) is 0 Å². The third-order valence-corrected chi connectivity index (χ3v) is 2.84. The number of nitrogens with one attached hydrogen (secondary N) is 1. The van der Waals surface area contributed by atoms with E-state index in [0.29, 0.717) is 6.61 Å². The molecule has 0 heterocycles. The maximum Gasteiger partial charge on any atom is 0.122 e. The van der Waals surface area contributed by atoms with Gasteiger partial charge in [-0.2, -0.15) is 0 Å². The van der Waals surface area contributed by atoms with Crippen LogP contribution in [0.4, 0.5) is 0 Å². The zero-order valence-corrected chi connectivity index (χ0v) is 10.5. The Balaban J connectivity index is 2.70. The molecule has 0 amide bonds. The minimum atomic E-state index is -0.393. The zero-order chi connectivity index (χ0) is 12.2. The fraction of sp³-hybridized carbons (Fsp3) is 0.538. The Hall–Kier alpha value is -1.06. The second kappa shape index (κ2) is 5.32. The Morgan fingerprint density at radius 3 is 2.62 bits per heavy atom. The van der Waals surface area contributed by atoms with Gasteiger partial charge < -0.3 is 15.2 Å². The summed E-state index contributed by atoms with van der Waals surface area (Å²) in [6.45, 7) is 6.48. The molecule has 0 aliphatic heterocycles. The predicted octanol–water partition coefficient (Wildman–Crippen LogP) is 1.65. The molecule has 3 heteroatoms. The Morgan fingerprint density at radius 1 is 1.38 bits per heavy atom. The minimum absolute atomic E-state index is 0.0500. The Kier molecular flexibility index (Phi) is 4.33. The lowest BCUT2D eigenvalue weighted by Crippen LogP contribution is -2.48. The molecule has 0 fully saturated rings. The first-order chi connectivity index (χ1) is 7.50. The van der Waals surface area contributed by atoms with Crippen molar-refractivity contribution in [3.8, 4) is 5.75 Å². The molecule has 0 aliphatic carbocycles. The molecule has 1 rings (SSSR count).